The van der Waals surface area contributed by atoms with Crippen molar-refractivity contribution in [3.63, 3.8) is 0 Å². The Balaban J connectivity index is 1.71. The first kappa shape index (κ1) is 30.1. The van der Waals surface area contributed by atoms with Crippen LogP contribution in [0.15, 0.2) is 54.7 Å². The monoisotopic (exact) mass is 553 g/mol. The molecule has 0 bridgehead atoms. The highest BCUT2D eigenvalue weighted by atomic mass is 16.4. The number of carbonyl (C=O) groups is 4. The number of aliphatic hydroxyl groups is 1. The molecule has 4 unspecified atom stereocenters. The van der Waals surface area contributed by atoms with E-state index >= 15 is 0 Å². The van der Waals surface area contributed by atoms with E-state index in [-0.39, 0.29) is 18.6 Å². The van der Waals surface area contributed by atoms with E-state index in [4.69, 9.17) is 5.73 Å². The van der Waals surface area contributed by atoms with E-state index in [0.717, 1.165) is 16.5 Å². The molecule has 3 aromatic rings. The number of aromatic hydroxyl groups is 1. The van der Waals surface area contributed by atoms with Gasteiger partial charge in [-0.2, -0.15) is 0 Å². The number of aromatic nitrogens is 1. The van der Waals surface area contributed by atoms with Crippen LogP contribution in [0.4, 0.5) is 0 Å². The number of carboxylic acids is 1. The van der Waals surface area contributed by atoms with Crippen LogP contribution < -0.4 is 21.7 Å². The minimum absolute atomic E-state index is 0.00608. The highest BCUT2D eigenvalue weighted by Gasteiger charge is 2.31. The predicted molar refractivity (Wildman–Crippen MR) is 147 cm³/mol. The van der Waals surface area contributed by atoms with Crippen LogP contribution >= 0.6 is 0 Å². The van der Waals surface area contributed by atoms with E-state index in [2.05, 4.69) is 20.9 Å². The Labute approximate surface area is 231 Å². The Morgan fingerprint density at radius 2 is 1.50 bits per heavy atom. The van der Waals surface area contributed by atoms with Gasteiger partial charge >= 0.3 is 5.97 Å². The summed E-state index contributed by atoms with van der Waals surface area (Å²) in [6.45, 7) is 2.49. The lowest BCUT2D eigenvalue weighted by atomic mass is 10.0. The number of aliphatic hydroxyl groups excluding tert-OH is 1. The molecule has 4 atom stereocenters. The first-order valence-corrected chi connectivity index (χ1v) is 12.8. The number of aromatic amines is 1. The lowest BCUT2D eigenvalue weighted by Crippen LogP contribution is -2.59. The van der Waals surface area contributed by atoms with E-state index in [0.29, 0.717) is 5.56 Å². The number of nitrogens with two attached hydrogens (primary N) is 1. The summed E-state index contributed by atoms with van der Waals surface area (Å²) in [6, 6.07) is 8.54. The smallest absolute Gasteiger partial charge is 0.326 e. The molecule has 9 N–H and O–H groups in total. The largest absolute Gasteiger partial charge is 0.508 e. The quantitative estimate of drug-likeness (QED) is 0.146. The van der Waals surface area contributed by atoms with Crippen molar-refractivity contribution in [2.75, 3.05) is 6.61 Å². The first-order chi connectivity index (χ1) is 19.0. The average Bonchev–Trinajstić information content (AvgIpc) is 3.32. The number of nitrogens with one attached hydrogen (secondary N) is 4. The van der Waals surface area contributed by atoms with Crippen LogP contribution in [-0.4, -0.2) is 74.8 Å². The van der Waals surface area contributed by atoms with Crippen molar-refractivity contribution in [1.29, 1.82) is 0 Å². The molecule has 12 heteroatoms. The first-order valence-electron chi connectivity index (χ1n) is 12.8. The number of amides is 3. The Morgan fingerprint density at radius 3 is 2.12 bits per heavy atom. The highest BCUT2D eigenvalue weighted by Crippen LogP contribution is 2.19. The SMILES string of the molecule is CC(C)C(NC(=O)C(Cc1ccc(O)cc1)NC(=O)C(CO)NC(=O)C(N)Cc1c[nH]c2ccccc12)C(=O)O. The maximum absolute atomic E-state index is 13.1. The minimum Gasteiger partial charge on any atom is -0.508 e. The number of carbonyl (C=O) groups excluding carboxylic acids is 3. The van der Waals surface area contributed by atoms with Crippen LogP contribution in [0.2, 0.25) is 0 Å². The number of phenolic OH excluding ortho intramolecular Hbond substituents is 1. The molecule has 0 aliphatic carbocycles. The molecule has 1 aromatic heterocycles. The molecule has 0 saturated carbocycles. The van der Waals surface area contributed by atoms with Gasteiger partial charge in [-0.3, -0.25) is 14.4 Å². The number of rotatable bonds is 13. The van der Waals surface area contributed by atoms with Crippen LogP contribution in [0.5, 0.6) is 5.75 Å². The fourth-order valence-electron chi connectivity index (χ4n) is 4.22. The number of hydrogen-bond donors (Lipinski definition) is 8. The van der Waals surface area contributed by atoms with Gasteiger partial charge in [0.1, 0.15) is 23.9 Å². The van der Waals surface area contributed by atoms with Crippen molar-refractivity contribution in [1.82, 2.24) is 20.9 Å². The summed E-state index contributed by atoms with van der Waals surface area (Å²) in [6.07, 6.45) is 1.88. The summed E-state index contributed by atoms with van der Waals surface area (Å²) in [5.41, 5.74) is 8.37. The second-order valence-corrected chi connectivity index (χ2v) is 9.91. The van der Waals surface area contributed by atoms with Crippen LogP contribution in [0.25, 0.3) is 10.9 Å². The minimum atomic E-state index is -1.42. The molecule has 3 amide bonds. The van der Waals surface area contributed by atoms with Gasteiger partial charge in [-0.05, 0) is 41.7 Å². The Bertz CT molecular complexity index is 1340. The zero-order valence-electron chi connectivity index (χ0n) is 22.3. The van der Waals surface area contributed by atoms with Crippen molar-refractivity contribution < 1.29 is 34.5 Å². The van der Waals surface area contributed by atoms with Gasteiger partial charge in [0, 0.05) is 23.5 Å². The van der Waals surface area contributed by atoms with Crippen LogP contribution in [0, 0.1) is 5.92 Å². The van der Waals surface area contributed by atoms with Crippen molar-refractivity contribution in [2.45, 2.75) is 50.9 Å². The van der Waals surface area contributed by atoms with Crippen LogP contribution in [0.1, 0.15) is 25.0 Å². The molecule has 214 valence electrons. The van der Waals surface area contributed by atoms with Gasteiger partial charge in [-0.1, -0.05) is 44.2 Å². The number of carboxylic acid groups (broad SMARTS) is 1. The fourth-order valence-corrected chi connectivity index (χ4v) is 4.22. The summed E-state index contributed by atoms with van der Waals surface area (Å²) in [5.74, 6) is -3.96. The second kappa shape index (κ2) is 13.6. The predicted octanol–water partition coefficient (Wildman–Crippen LogP) is 0.173. The Morgan fingerprint density at radius 1 is 0.875 bits per heavy atom. The Hall–Kier alpha value is -4.42. The highest BCUT2D eigenvalue weighted by molar-refractivity contribution is 5.94. The van der Waals surface area contributed by atoms with Gasteiger partial charge < -0.3 is 42.0 Å². The molecule has 1 heterocycles. The molecule has 0 saturated heterocycles. The maximum atomic E-state index is 13.1. The van der Waals surface area contributed by atoms with E-state index in [1.165, 1.54) is 12.1 Å². The van der Waals surface area contributed by atoms with Crippen LogP contribution in [-0.2, 0) is 32.0 Å². The van der Waals surface area contributed by atoms with Crippen molar-refractivity contribution in [3.05, 3.63) is 65.9 Å². The van der Waals surface area contributed by atoms with Crippen molar-refractivity contribution in [3.8, 4) is 5.75 Å². The van der Waals surface area contributed by atoms with E-state index in [9.17, 15) is 34.5 Å². The van der Waals surface area contributed by atoms with Gasteiger partial charge in [0.05, 0.1) is 12.6 Å². The summed E-state index contributed by atoms with van der Waals surface area (Å²) in [7, 11) is 0. The number of phenols is 1. The number of benzene rings is 2. The van der Waals surface area contributed by atoms with Gasteiger partial charge in [0.25, 0.3) is 0 Å². The molecule has 3 rings (SSSR count). The molecule has 0 radical (unpaired) electrons. The standard InChI is InChI=1S/C28H35N5O7/c1-15(2)24(28(39)40)33-26(37)22(11-16-7-9-18(35)10-8-16)31-27(38)23(14-34)32-25(36)20(29)12-17-13-30-21-6-4-3-5-19(17)21/h3-10,13,15,20,22-24,30,34-35H,11-12,14,29H2,1-2H3,(H,31,38)(H,32,36)(H,33,37)(H,39,40). The third-order valence-electron chi connectivity index (χ3n) is 6.51. The fraction of sp³-hybridized carbons (Fsp3) is 0.357. The number of hydrogen-bond acceptors (Lipinski definition) is 7. The summed E-state index contributed by atoms with van der Waals surface area (Å²) >= 11 is 0. The summed E-state index contributed by atoms with van der Waals surface area (Å²) in [4.78, 5) is 53.7. The number of aliphatic carboxylic acids is 1. The Kier molecular flexibility index (Phi) is 10.2. The average molecular weight is 554 g/mol. The van der Waals surface area contributed by atoms with Gasteiger partial charge in [-0.15, -0.1) is 0 Å². The second-order valence-electron chi connectivity index (χ2n) is 9.91. The van der Waals surface area contributed by atoms with Crippen LogP contribution in [0.3, 0.4) is 0 Å². The number of fused-ring (bicyclic) bond motifs is 1. The summed E-state index contributed by atoms with van der Waals surface area (Å²) < 4.78 is 0. The van der Waals surface area contributed by atoms with E-state index in [1.807, 2.05) is 24.3 Å². The molecule has 0 fully saturated rings. The lowest BCUT2D eigenvalue weighted by Gasteiger charge is -2.25. The van der Waals surface area contributed by atoms with Gasteiger partial charge in [0.2, 0.25) is 17.7 Å². The lowest BCUT2D eigenvalue weighted by molar-refractivity contribution is -0.143. The normalized spacial score (nSPS) is 14.2. The zero-order valence-corrected chi connectivity index (χ0v) is 22.3. The third kappa shape index (κ3) is 7.80. The molecular weight excluding hydrogens is 518 g/mol. The van der Waals surface area contributed by atoms with E-state index < -0.39 is 60.4 Å². The number of para-hydroxylation sites is 1. The number of H-pyrrole nitrogens is 1. The molecule has 40 heavy (non-hydrogen) atoms. The molecule has 0 aliphatic heterocycles. The van der Waals surface area contributed by atoms with Crippen molar-refractivity contribution in [2.24, 2.45) is 11.7 Å². The molecule has 12 nitrogen and oxygen atoms in total. The third-order valence-corrected chi connectivity index (χ3v) is 6.51. The molecule has 0 spiro atoms. The topological polar surface area (TPSA) is 207 Å². The maximum Gasteiger partial charge on any atom is 0.326 e. The van der Waals surface area contributed by atoms with E-state index in [1.54, 1.807) is 32.2 Å². The van der Waals surface area contributed by atoms with Gasteiger partial charge in [0.15, 0.2) is 0 Å². The van der Waals surface area contributed by atoms with Crippen molar-refractivity contribution >= 4 is 34.6 Å². The zero-order chi connectivity index (χ0) is 29.4. The van der Waals surface area contributed by atoms with Gasteiger partial charge in [-0.25, -0.2) is 4.79 Å². The summed E-state index contributed by atoms with van der Waals surface area (Å²) in [5, 5.41) is 37.2. The molecule has 2 aromatic carbocycles. The molecular formula is C28H35N5O7. The molecule has 0 aliphatic rings.